The van der Waals surface area contributed by atoms with E-state index in [0.29, 0.717) is 18.0 Å². The molecule has 1 aliphatic rings. The summed E-state index contributed by atoms with van der Waals surface area (Å²) < 4.78 is 7.60. The van der Waals surface area contributed by atoms with Crippen LogP contribution in [0, 0.1) is 0 Å². The van der Waals surface area contributed by atoms with E-state index in [2.05, 4.69) is 58.0 Å². The van der Waals surface area contributed by atoms with E-state index >= 15 is 0 Å². The monoisotopic (exact) mass is 467 g/mol. The first-order chi connectivity index (χ1) is 16.4. The van der Waals surface area contributed by atoms with Crippen LogP contribution < -0.4 is 10.3 Å². The van der Waals surface area contributed by atoms with Crippen molar-refractivity contribution in [3.8, 4) is 5.75 Å². The highest BCUT2D eigenvalue weighted by Crippen LogP contribution is 2.31. The first kappa shape index (κ1) is 24.3. The molecule has 0 saturated carbocycles. The molecule has 1 aromatic carbocycles. The van der Waals surface area contributed by atoms with Gasteiger partial charge in [0.2, 0.25) is 0 Å². The lowest BCUT2D eigenvalue weighted by molar-refractivity contribution is 0.101. The van der Waals surface area contributed by atoms with Crippen LogP contribution >= 0.6 is 0 Å². The summed E-state index contributed by atoms with van der Waals surface area (Å²) in [7, 11) is 0. The van der Waals surface area contributed by atoms with Crippen LogP contribution in [0.5, 0.6) is 5.75 Å². The zero-order chi connectivity index (χ0) is 24.3. The number of rotatable bonds is 9. The summed E-state index contributed by atoms with van der Waals surface area (Å²) in [5.74, 6) is 1.50. The Morgan fingerprint density at radius 1 is 1.12 bits per heavy atom. The first-order valence-corrected chi connectivity index (χ1v) is 12.4. The molecule has 3 aromatic rings. The minimum absolute atomic E-state index is 0.110. The van der Waals surface area contributed by atoms with Gasteiger partial charge in [0.1, 0.15) is 11.8 Å². The van der Waals surface area contributed by atoms with E-state index in [1.807, 2.05) is 35.9 Å². The summed E-state index contributed by atoms with van der Waals surface area (Å²) in [6.45, 7) is 15.9. The van der Waals surface area contributed by atoms with Gasteiger partial charge in [-0.15, -0.1) is 5.10 Å². The molecule has 1 saturated heterocycles. The molecule has 0 unspecified atom stereocenters. The van der Waals surface area contributed by atoms with Gasteiger partial charge in [0.05, 0.1) is 12.1 Å². The summed E-state index contributed by atoms with van der Waals surface area (Å²) in [5.41, 5.74) is 1.07. The number of H-pyrrole nitrogens is 1. The van der Waals surface area contributed by atoms with E-state index in [1.165, 1.54) is 0 Å². The number of hydrogen-bond acceptors (Lipinski definition) is 7. The van der Waals surface area contributed by atoms with Gasteiger partial charge in [0.15, 0.2) is 5.82 Å². The predicted octanol–water partition coefficient (Wildman–Crippen LogP) is 3.18. The molecule has 2 aromatic heterocycles. The van der Waals surface area contributed by atoms with Crippen LogP contribution in [-0.4, -0.2) is 74.3 Å². The maximum absolute atomic E-state index is 13.4. The zero-order valence-electron chi connectivity index (χ0n) is 21.0. The van der Waals surface area contributed by atoms with Crippen molar-refractivity contribution in [3.63, 3.8) is 0 Å². The van der Waals surface area contributed by atoms with Gasteiger partial charge in [-0.25, -0.2) is 4.68 Å². The molecule has 3 heterocycles. The normalized spacial score (nSPS) is 16.7. The molecule has 0 spiro atoms. The number of fused-ring (bicyclic) bond motifs is 1. The SMILES string of the molecule is CCCN1CCN([C@@H](c2cc3cc(OCC)ccc3[nH]c2=O)c2nnnn2C(C)(C)CC)CC1. The quantitative estimate of drug-likeness (QED) is 0.517. The van der Waals surface area contributed by atoms with Gasteiger partial charge < -0.3 is 14.6 Å². The molecular formula is C25H37N7O2. The molecule has 34 heavy (non-hydrogen) atoms. The molecule has 9 nitrogen and oxygen atoms in total. The van der Waals surface area contributed by atoms with Crippen molar-refractivity contribution in [1.82, 2.24) is 35.0 Å². The van der Waals surface area contributed by atoms with Crippen molar-refractivity contribution >= 4 is 10.9 Å². The fourth-order valence-corrected chi connectivity index (χ4v) is 4.67. The largest absolute Gasteiger partial charge is 0.494 e. The van der Waals surface area contributed by atoms with Crippen LogP contribution in [0.25, 0.3) is 10.9 Å². The number of ether oxygens (including phenoxy) is 1. The Bertz CT molecular complexity index is 1160. The molecule has 0 radical (unpaired) electrons. The molecule has 1 aliphatic heterocycles. The summed E-state index contributed by atoms with van der Waals surface area (Å²) in [6.07, 6.45) is 2.01. The number of pyridine rings is 1. The van der Waals surface area contributed by atoms with Crippen LogP contribution in [0.3, 0.4) is 0 Å². The smallest absolute Gasteiger partial charge is 0.253 e. The molecule has 0 aliphatic carbocycles. The molecule has 4 rings (SSSR count). The number of piperazine rings is 1. The van der Waals surface area contributed by atoms with Gasteiger partial charge in [0.25, 0.3) is 5.56 Å². The van der Waals surface area contributed by atoms with Gasteiger partial charge in [-0.05, 0) is 74.8 Å². The van der Waals surface area contributed by atoms with Crippen LogP contribution in [0.1, 0.15) is 64.9 Å². The topological polar surface area (TPSA) is 92.2 Å². The summed E-state index contributed by atoms with van der Waals surface area (Å²) in [5, 5.41) is 13.8. The fraction of sp³-hybridized carbons (Fsp3) is 0.600. The van der Waals surface area contributed by atoms with Crippen molar-refractivity contribution < 1.29 is 4.74 Å². The minimum atomic E-state index is -0.339. The first-order valence-electron chi connectivity index (χ1n) is 12.4. The Kier molecular flexibility index (Phi) is 7.33. The Balaban J connectivity index is 1.82. The zero-order valence-corrected chi connectivity index (χ0v) is 21.0. The van der Waals surface area contributed by atoms with Crippen molar-refractivity contribution in [2.24, 2.45) is 0 Å². The van der Waals surface area contributed by atoms with E-state index in [1.54, 1.807) is 0 Å². The molecule has 9 heteroatoms. The number of aromatic amines is 1. The number of nitrogens with zero attached hydrogens (tertiary/aromatic N) is 6. The Labute approximate surface area is 201 Å². The number of hydrogen-bond donors (Lipinski definition) is 1. The second-order valence-electron chi connectivity index (χ2n) is 9.63. The highest BCUT2D eigenvalue weighted by molar-refractivity contribution is 5.80. The van der Waals surface area contributed by atoms with Gasteiger partial charge in [-0.1, -0.05) is 13.8 Å². The van der Waals surface area contributed by atoms with Crippen molar-refractivity contribution in [3.05, 3.63) is 46.0 Å². The number of tetrazole rings is 1. The molecule has 0 amide bonds. The second kappa shape index (κ2) is 10.2. The van der Waals surface area contributed by atoms with Gasteiger partial charge in [0, 0.05) is 42.6 Å². The Morgan fingerprint density at radius 2 is 1.88 bits per heavy atom. The molecule has 0 bridgehead atoms. The van der Waals surface area contributed by atoms with E-state index in [0.717, 1.165) is 62.2 Å². The highest BCUT2D eigenvalue weighted by Gasteiger charge is 2.35. The van der Waals surface area contributed by atoms with Crippen molar-refractivity contribution in [2.75, 3.05) is 39.3 Å². The lowest BCUT2D eigenvalue weighted by atomic mass is 9.99. The lowest BCUT2D eigenvalue weighted by Crippen LogP contribution is -2.49. The van der Waals surface area contributed by atoms with Crippen LogP contribution in [0.4, 0.5) is 0 Å². The van der Waals surface area contributed by atoms with Gasteiger partial charge in [-0.2, -0.15) is 0 Å². The molecule has 1 atom stereocenters. The highest BCUT2D eigenvalue weighted by atomic mass is 16.5. The Morgan fingerprint density at radius 3 is 2.56 bits per heavy atom. The summed E-state index contributed by atoms with van der Waals surface area (Å²) in [4.78, 5) is 21.3. The molecule has 1 N–H and O–H groups in total. The third kappa shape index (κ3) is 4.86. The number of benzene rings is 1. The maximum atomic E-state index is 13.4. The average molecular weight is 468 g/mol. The molecule has 1 fully saturated rings. The van der Waals surface area contributed by atoms with Crippen LogP contribution in [0.15, 0.2) is 29.1 Å². The molecule has 184 valence electrons. The number of nitrogens with one attached hydrogen (secondary N) is 1. The van der Waals surface area contributed by atoms with Crippen LogP contribution in [-0.2, 0) is 5.54 Å². The lowest BCUT2D eigenvalue weighted by Gasteiger charge is -2.39. The predicted molar refractivity (Wildman–Crippen MR) is 133 cm³/mol. The van der Waals surface area contributed by atoms with E-state index in [4.69, 9.17) is 4.74 Å². The fourth-order valence-electron chi connectivity index (χ4n) is 4.67. The molecular weight excluding hydrogens is 430 g/mol. The van der Waals surface area contributed by atoms with Crippen LogP contribution in [0.2, 0.25) is 0 Å². The van der Waals surface area contributed by atoms with Gasteiger partial charge >= 0.3 is 0 Å². The van der Waals surface area contributed by atoms with Crippen molar-refractivity contribution in [2.45, 2.75) is 59.0 Å². The van der Waals surface area contributed by atoms with Crippen molar-refractivity contribution in [1.29, 1.82) is 0 Å². The van der Waals surface area contributed by atoms with E-state index < -0.39 is 0 Å². The minimum Gasteiger partial charge on any atom is -0.494 e. The average Bonchev–Trinajstić information content (AvgIpc) is 3.32. The number of aromatic nitrogens is 5. The van der Waals surface area contributed by atoms with Gasteiger partial charge in [-0.3, -0.25) is 9.69 Å². The summed E-state index contributed by atoms with van der Waals surface area (Å²) in [6, 6.07) is 7.41. The maximum Gasteiger partial charge on any atom is 0.253 e. The second-order valence-corrected chi connectivity index (χ2v) is 9.63. The van der Waals surface area contributed by atoms with E-state index in [9.17, 15) is 4.79 Å². The third-order valence-electron chi connectivity index (χ3n) is 6.94. The third-order valence-corrected chi connectivity index (χ3v) is 6.94. The van der Waals surface area contributed by atoms with E-state index in [-0.39, 0.29) is 17.1 Å². The standard InChI is InChI=1S/C25H37N7O2/c1-6-11-30-12-14-31(15-13-30)22(23-27-28-29-32(23)25(4,5)7-2)20-17-18-16-19(34-8-3)9-10-21(18)26-24(20)33/h9-10,16-17,22H,6-8,11-15H2,1-5H3,(H,26,33)/t22-/m0/s1. The summed E-state index contributed by atoms with van der Waals surface area (Å²) >= 11 is 0. The Hall–Kier alpha value is -2.78.